The molecule has 0 spiro atoms. The lowest BCUT2D eigenvalue weighted by molar-refractivity contribution is 0.0181. The SMILES string of the molecule is Cc1ccc(C(O)C(O)CCS)c2ccccc12. The van der Waals surface area contributed by atoms with Crippen molar-refractivity contribution in [3.8, 4) is 0 Å². The zero-order valence-electron chi connectivity index (χ0n) is 10.4. The van der Waals surface area contributed by atoms with Crippen molar-refractivity contribution < 1.29 is 10.2 Å². The van der Waals surface area contributed by atoms with Crippen LogP contribution in [0.4, 0.5) is 0 Å². The van der Waals surface area contributed by atoms with Crippen molar-refractivity contribution in [1.29, 1.82) is 0 Å². The van der Waals surface area contributed by atoms with E-state index in [1.807, 2.05) is 43.3 Å². The van der Waals surface area contributed by atoms with Crippen molar-refractivity contribution in [2.24, 2.45) is 0 Å². The Labute approximate surface area is 113 Å². The van der Waals surface area contributed by atoms with Crippen LogP contribution in [0.2, 0.25) is 0 Å². The molecule has 0 saturated heterocycles. The second-order valence-electron chi connectivity index (χ2n) is 4.54. The standard InChI is InChI=1S/C15H18O2S/c1-10-6-7-13(15(17)14(16)8-9-18)12-5-3-2-4-11(10)12/h2-7,14-18H,8-9H2,1H3. The molecule has 2 nitrogen and oxygen atoms in total. The summed E-state index contributed by atoms with van der Waals surface area (Å²) in [5.74, 6) is 0.558. The van der Waals surface area contributed by atoms with Crippen molar-refractivity contribution in [2.45, 2.75) is 25.6 Å². The van der Waals surface area contributed by atoms with Gasteiger partial charge in [0.2, 0.25) is 0 Å². The summed E-state index contributed by atoms with van der Waals surface area (Å²) in [5.41, 5.74) is 1.95. The lowest BCUT2D eigenvalue weighted by atomic mass is 9.94. The van der Waals surface area contributed by atoms with Gasteiger partial charge in [-0.05, 0) is 41.0 Å². The number of hydrogen-bond donors (Lipinski definition) is 3. The van der Waals surface area contributed by atoms with Gasteiger partial charge in [0.25, 0.3) is 0 Å². The minimum atomic E-state index is -0.859. The Morgan fingerprint density at radius 1 is 1.06 bits per heavy atom. The lowest BCUT2D eigenvalue weighted by Gasteiger charge is -2.19. The maximum absolute atomic E-state index is 10.2. The lowest BCUT2D eigenvalue weighted by Crippen LogP contribution is -2.19. The number of hydrogen-bond acceptors (Lipinski definition) is 3. The Balaban J connectivity index is 2.48. The van der Waals surface area contributed by atoms with Crippen LogP contribution in [0.25, 0.3) is 10.8 Å². The normalized spacial score (nSPS) is 14.7. The minimum Gasteiger partial charge on any atom is -0.390 e. The topological polar surface area (TPSA) is 40.5 Å². The fourth-order valence-electron chi connectivity index (χ4n) is 2.23. The Hall–Kier alpha value is -1.03. The third kappa shape index (κ3) is 2.53. The number of thiol groups is 1. The molecule has 0 heterocycles. The van der Waals surface area contributed by atoms with Gasteiger partial charge in [0.15, 0.2) is 0 Å². The molecular weight excluding hydrogens is 244 g/mol. The fraction of sp³-hybridized carbons (Fsp3) is 0.333. The molecule has 2 aromatic rings. The van der Waals surface area contributed by atoms with E-state index >= 15 is 0 Å². The molecule has 0 aromatic heterocycles. The highest BCUT2D eigenvalue weighted by Crippen LogP contribution is 2.29. The van der Waals surface area contributed by atoms with Crippen molar-refractivity contribution in [3.05, 3.63) is 47.5 Å². The third-order valence-electron chi connectivity index (χ3n) is 3.28. The summed E-state index contributed by atoms with van der Waals surface area (Å²) in [7, 11) is 0. The van der Waals surface area contributed by atoms with Gasteiger partial charge in [-0.3, -0.25) is 0 Å². The summed E-state index contributed by atoms with van der Waals surface area (Å²) in [6, 6.07) is 11.8. The summed E-state index contributed by atoms with van der Waals surface area (Å²) in [6.07, 6.45) is -1.15. The summed E-state index contributed by atoms with van der Waals surface area (Å²) < 4.78 is 0. The van der Waals surface area contributed by atoms with Gasteiger partial charge in [-0.25, -0.2) is 0 Å². The Morgan fingerprint density at radius 3 is 2.39 bits per heavy atom. The van der Waals surface area contributed by atoms with Crippen LogP contribution in [-0.2, 0) is 0 Å². The highest BCUT2D eigenvalue weighted by atomic mass is 32.1. The predicted octanol–water partition coefficient (Wildman–Crippen LogP) is 2.86. The van der Waals surface area contributed by atoms with E-state index in [1.165, 1.54) is 5.56 Å². The Bertz CT molecular complexity index is 539. The number of benzene rings is 2. The molecule has 0 aliphatic heterocycles. The molecule has 18 heavy (non-hydrogen) atoms. The third-order valence-corrected chi connectivity index (χ3v) is 3.54. The molecule has 0 amide bonds. The van der Waals surface area contributed by atoms with Crippen LogP contribution >= 0.6 is 12.6 Å². The number of aliphatic hydroxyl groups excluding tert-OH is 2. The Morgan fingerprint density at radius 2 is 1.72 bits per heavy atom. The number of aryl methyl sites for hydroxylation is 1. The average Bonchev–Trinajstić information content (AvgIpc) is 2.39. The van der Waals surface area contributed by atoms with Crippen molar-refractivity contribution >= 4 is 23.4 Å². The average molecular weight is 262 g/mol. The minimum absolute atomic E-state index is 0.479. The molecule has 2 aromatic carbocycles. The van der Waals surface area contributed by atoms with Crippen LogP contribution in [0, 0.1) is 6.92 Å². The first-order valence-corrected chi connectivity index (χ1v) is 6.73. The highest BCUT2D eigenvalue weighted by Gasteiger charge is 2.19. The molecule has 0 bridgehead atoms. The van der Waals surface area contributed by atoms with E-state index in [0.717, 1.165) is 16.3 Å². The first kappa shape index (κ1) is 13.4. The summed E-state index contributed by atoms with van der Waals surface area (Å²) in [5, 5.41) is 22.2. The van der Waals surface area contributed by atoms with Gasteiger partial charge in [0, 0.05) is 0 Å². The zero-order chi connectivity index (χ0) is 13.1. The molecule has 2 atom stereocenters. The van der Waals surface area contributed by atoms with Gasteiger partial charge >= 0.3 is 0 Å². The van der Waals surface area contributed by atoms with Crippen LogP contribution in [0.1, 0.15) is 23.7 Å². The van der Waals surface area contributed by atoms with Gasteiger partial charge in [-0.15, -0.1) is 0 Å². The van der Waals surface area contributed by atoms with Gasteiger partial charge in [-0.2, -0.15) is 12.6 Å². The number of aliphatic hydroxyl groups is 2. The van der Waals surface area contributed by atoms with E-state index in [0.29, 0.717) is 12.2 Å². The first-order valence-electron chi connectivity index (χ1n) is 6.10. The quantitative estimate of drug-likeness (QED) is 0.742. The summed E-state index contributed by atoms with van der Waals surface area (Å²) >= 11 is 4.09. The van der Waals surface area contributed by atoms with E-state index < -0.39 is 12.2 Å². The Kier molecular flexibility index (Phi) is 4.27. The molecule has 3 heteroatoms. The highest BCUT2D eigenvalue weighted by molar-refractivity contribution is 7.80. The van der Waals surface area contributed by atoms with E-state index in [9.17, 15) is 10.2 Å². The summed E-state index contributed by atoms with van der Waals surface area (Å²) in [4.78, 5) is 0. The molecule has 0 aliphatic carbocycles. The largest absolute Gasteiger partial charge is 0.390 e. The van der Waals surface area contributed by atoms with Crippen LogP contribution in [-0.4, -0.2) is 22.1 Å². The van der Waals surface area contributed by atoms with Crippen LogP contribution in [0.3, 0.4) is 0 Å². The number of fused-ring (bicyclic) bond motifs is 1. The van der Waals surface area contributed by atoms with Crippen molar-refractivity contribution in [2.75, 3.05) is 5.75 Å². The fourth-order valence-corrected chi connectivity index (χ4v) is 2.49. The first-order chi connectivity index (χ1) is 8.65. The van der Waals surface area contributed by atoms with Crippen molar-refractivity contribution in [1.82, 2.24) is 0 Å². The monoisotopic (exact) mass is 262 g/mol. The zero-order valence-corrected chi connectivity index (χ0v) is 11.3. The van der Waals surface area contributed by atoms with Gasteiger partial charge in [0.05, 0.1) is 6.10 Å². The van der Waals surface area contributed by atoms with Gasteiger partial charge in [0.1, 0.15) is 6.10 Å². The molecule has 0 aliphatic rings. The van der Waals surface area contributed by atoms with E-state index in [4.69, 9.17) is 0 Å². The molecule has 0 fully saturated rings. The second kappa shape index (κ2) is 5.74. The molecule has 0 radical (unpaired) electrons. The molecule has 2 rings (SSSR count). The maximum atomic E-state index is 10.2. The summed E-state index contributed by atoms with van der Waals surface area (Å²) in [6.45, 7) is 2.04. The van der Waals surface area contributed by atoms with Crippen LogP contribution in [0.5, 0.6) is 0 Å². The smallest absolute Gasteiger partial charge is 0.105 e. The van der Waals surface area contributed by atoms with Crippen LogP contribution in [0.15, 0.2) is 36.4 Å². The van der Waals surface area contributed by atoms with E-state index in [2.05, 4.69) is 12.6 Å². The van der Waals surface area contributed by atoms with Gasteiger partial charge < -0.3 is 10.2 Å². The maximum Gasteiger partial charge on any atom is 0.105 e. The second-order valence-corrected chi connectivity index (χ2v) is 4.99. The molecule has 2 unspecified atom stereocenters. The van der Waals surface area contributed by atoms with Crippen LogP contribution < -0.4 is 0 Å². The van der Waals surface area contributed by atoms with Crippen molar-refractivity contribution in [3.63, 3.8) is 0 Å². The predicted molar refractivity (Wildman–Crippen MR) is 78.1 cm³/mol. The molecule has 2 N–H and O–H groups in total. The molecular formula is C15H18O2S. The van der Waals surface area contributed by atoms with Gasteiger partial charge in [-0.1, -0.05) is 36.4 Å². The molecule has 96 valence electrons. The molecule has 0 saturated carbocycles. The number of rotatable bonds is 4. The van der Waals surface area contributed by atoms with E-state index in [1.54, 1.807) is 0 Å². The van der Waals surface area contributed by atoms with E-state index in [-0.39, 0.29) is 0 Å².